The molecule has 0 bridgehead atoms. The Balaban J connectivity index is 2.78. The molecule has 0 saturated carbocycles. The molecule has 26 heavy (non-hydrogen) atoms. The lowest BCUT2D eigenvalue weighted by Crippen LogP contribution is -2.40. The second-order valence-corrected chi connectivity index (χ2v) is 8.60. The maximum atomic E-state index is 11.7. The third kappa shape index (κ3) is 7.74. The molecule has 148 valence electrons. The summed E-state index contributed by atoms with van der Waals surface area (Å²) >= 11 is 0. The van der Waals surface area contributed by atoms with Gasteiger partial charge in [-0.05, 0) is 49.8 Å². The highest BCUT2D eigenvalue weighted by Gasteiger charge is 2.11. The Bertz CT molecular complexity index is 681. The summed E-state index contributed by atoms with van der Waals surface area (Å²) in [5.74, 6) is 1.15. The van der Waals surface area contributed by atoms with Gasteiger partial charge in [0, 0.05) is 26.0 Å². The summed E-state index contributed by atoms with van der Waals surface area (Å²) in [5, 5.41) is 15.7. The predicted molar refractivity (Wildman–Crippen MR) is 107 cm³/mol. The molecule has 0 fully saturated rings. The lowest BCUT2D eigenvalue weighted by atomic mass is 10.0. The first kappa shape index (κ1) is 22.4. The Morgan fingerprint density at radius 3 is 2.50 bits per heavy atom. The van der Waals surface area contributed by atoms with Crippen LogP contribution in [-0.2, 0) is 16.4 Å². The van der Waals surface area contributed by atoms with Crippen molar-refractivity contribution in [2.24, 2.45) is 10.9 Å². The number of rotatable bonds is 10. The average molecular weight is 384 g/mol. The maximum absolute atomic E-state index is 11.7. The smallest absolute Gasteiger partial charge is 0.191 e. The molecule has 0 radical (unpaired) electrons. The number of aliphatic hydroxyl groups is 1. The zero-order valence-corrected chi connectivity index (χ0v) is 17.2. The minimum absolute atomic E-state index is 0.200. The van der Waals surface area contributed by atoms with Crippen LogP contribution >= 0.6 is 0 Å². The van der Waals surface area contributed by atoms with Crippen LogP contribution in [0.1, 0.15) is 44.2 Å². The van der Waals surface area contributed by atoms with Crippen LogP contribution in [0, 0.1) is 12.8 Å². The summed E-state index contributed by atoms with van der Waals surface area (Å²) in [6.07, 6.45) is 4.16. The van der Waals surface area contributed by atoms with Crippen LogP contribution in [0.2, 0.25) is 0 Å². The molecule has 1 aromatic rings. The Morgan fingerprint density at radius 2 is 1.96 bits per heavy atom. The van der Waals surface area contributed by atoms with E-state index in [4.69, 9.17) is 0 Å². The zero-order valence-electron chi connectivity index (χ0n) is 16.4. The molecule has 3 N–H and O–H groups in total. The van der Waals surface area contributed by atoms with Crippen molar-refractivity contribution in [3.05, 3.63) is 29.3 Å². The Kier molecular flexibility index (Phi) is 9.65. The first-order valence-electron chi connectivity index (χ1n) is 9.24. The number of benzene rings is 1. The molecule has 0 heterocycles. The van der Waals surface area contributed by atoms with Gasteiger partial charge < -0.3 is 15.7 Å². The Morgan fingerprint density at radius 1 is 1.23 bits per heavy atom. The molecule has 0 aliphatic heterocycles. The van der Waals surface area contributed by atoms with Gasteiger partial charge in [-0.1, -0.05) is 25.5 Å². The van der Waals surface area contributed by atoms with Crippen LogP contribution in [0.4, 0.5) is 0 Å². The average Bonchev–Trinajstić information content (AvgIpc) is 2.56. The van der Waals surface area contributed by atoms with Crippen LogP contribution in [0.3, 0.4) is 0 Å². The van der Waals surface area contributed by atoms with Gasteiger partial charge in [-0.25, -0.2) is 13.4 Å². The second kappa shape index (κ2) is 11.2. The predicted octanol–water partition coefficient (Wildman–Crippen LogP) is 2.25. The van der Waals surface area contributed by atoms with Gasteiger partial charge in [-0.3, -0.25) is 0 Å². The molecule has 0 aromatic heterocycles. The van der Waals surface area contributed by atoms with E-state index in [1.165, 1.54) is 6.26 Å². The third-order valence-electron chi connectivity index (χ3n) is 4.20. The molecular weight excluding hydrogens is 350 g/mol. The highest BCUT2D eigenvalue weighted by atomic mass is 32.2. The van der Waals surface area contributed by atoms with Gasteiger partial charge in [0.05, 0.1) is 11.4 Å². The van der Waals surface area contributed by atoms with E-state index in [2.05, 4.69) is 22.5 Å². The van der Waals surface area contributed by atoms with Gasteiger partial charge in [0.25, 0.3) is 0 Å². The zero-order chi connectivity index (χ0) is 19.6. The van der Waals surface area contributed by atoms with E-state index in [9.17, 15) is 13.5 Å². The van der Waals surface area contributed by atoms with E-state index in [0.29, 0.717) is 17.4 Å². The molecule has 1 aromatic carbocycles. The van der Waals surface area contributed by atoms with Crippen LogP contribution in [0.15, 0.2) is 28.1 Å². The van der Waals surface area contributed by atoms with Crippen molar-refractivity contribution in [3.63, 3.8) is 0 Å². The fraction of sp³-hybridized carbons (Fsp3) is 0.632. The van der Waals surface area contributed by atoms with E-state index >= 15 is 0 Å². The summed E-state index contributed by atoms with van der Waals surface area (Å²) in [6, 6.07) is 5.32. The first-order chi connectivity index (χ1) is 12.3. The lowest BCUT2D eigenvalue weighted by molar-refractivity contribution is 0.251. The molecule has 6 nitrogen and oxygen atoms in total. The lowest BCUT2D eigenvalue weighted by Gasteiger charge is -2.18. The molecular formula is C19H33N3O3S. The van der Waals surface area contributed by atoms with Crippen molar-refractivity contribution in [3.8, 4) is 0 Å². The van der Waals surface area contributed by atoms with Crippen LogP contribution in [0.5, 0.6) is 0 Å². The fourth-order valence-electron chi connectivity index (χ4n) is 2.92. The van der Waals surface area contributed by atoms with Gasteiger partial charge in [-0.15, -0.1) is 0 Å². The van der Waals surface area contributed by atoms with E-state index in [0.717, 1.165) is 49.4 Å². The minimum atomic E-state index is -3.20. The van der Waals surface area contributed by atoms with E-state index in [1.54, 1.807) is 13.0 Å². The van der Waals surface area contributed by atoms with Crippen molar-refractivity contribution in [1.82, 2.24) is 10.6 Å². The normalized spacial score (nSPS) is 13.5. The summed E-state index contributed by atoms with van der Waals surface area (Å²) in [6.45, 7) is 8.16. The number of nitrogens with one attached hydrogen (secondary N) is 2. The Labute approximate surface area is 158 Å². The molecule has 1 rings (SSSR count). The van der Waals surface area contributed by atoms with Crippen LogP contribution in [-0.4, -0.2) is 45.4 Å². The third-order valence-corrected chi connectivity index (χ3v) is 5.45. The molecule has 0 spiro atoms. The highest BCUT2D eigenvalue weighted by Crippen LogP contribution is 2.17. The largest absolute Gasteiger partial charge is 0.396 e. The quantitative estimate of drug-likeness (QED) is 0.426. The van der Waals surface area contributed by atoms with Gasteiger partial charge in [0.2, 0.25) is 0 Å². The summed E-state index contributed by atoms with van der Waals surface area (Å²) in [4.78, 5) is 4.95. The number of aliphatic imine (C=N–C) groups is 1. The van der Waals surface area contributed by atoms with Gasteiger partial charge in [-0.2, -0.15) is 0 Å². The van der Waals surface area contributed by atoms with E-state index in [-0.39, 0.29) is 6.61 Å². The molecule has 0 saturated heterocycles. The number of guanidine groups is 1. The monoisotopic (exact) mass is 383 g/mol. The number of hydrogen-bond donors (Lipinski definition) is 3. The summed E-state index contributed by atoms with van der Waals surface area (Å²) < 4.78 is 23.4. The second-order valence-electron chi connectivity index (χ2n) is 6.62. The van der Waals surface area contributed by atoms with E-state index < -0.39 is 9.84 Å². The highest BCUT2D eigenvalue weighted by molar-refractivity contribution is 7.90. The Hall–Kier alpha value is -1.60. The molecule has 0 aliphatic carbocycles. The topological polar surface area (TPSA) is 90.8 Å². The van der Waals surface area contributed by atoms with Gasteiger partial charge >= 0.3 is 0 Å². The summed E-state index contributed by atoms with van der Waals surface area (Å²) in [7, 11) is -3.20. The van der Waals surface area contributed by atoms with Crippen molar-refractivity contribution < 1.29 is 13.5 Å². The number of aliphatic hydroxyl groups excluding tert-OH is 1. The number of aryl methyl sites for hydroxylation is 1. The maximum Gasteiger partial charge on any atom is 0.191 e. The van der Waals surface area contributed by atoms with Gasteiger partial charge in [0.1, 0.15) is 0 Å². The molecule has 1 atom stereocenters. The number of hydrogen-bond acceptors (Lipinski definition) is 4. The van der Waals surface area contributed by atoms with Crippen LogP contribution in [0.25, 0.3) is 0 Å². The first-order valence-corrected chi connectivity index (χ1v) is 11.1. The molecule has 0 amide bonds. The molecule has 7 heteroatoms. The summed E-state index contributed by atoms with van der Waals surface area (Å²) in [5.41, 5.74) is 1.71. The fourth-order valence-corrected chi connectivity index (χ4v) is 3.88. The van der Waals surface area contributed by atoms with Crippen molar-refractivity contribution in [2.75, 3.05) is 26.0 Å². The van der Waals surface area contributed by atoms with Crippen LogP contribution < -0.4 is 10.6 Å². The minimum Gasteiger partial charge on any atom is -0.396 e. The number of nitrogens with zero attached hydrogens (tertiary/aromatic N) is 1. The van der Waals surface area contributed by atoms with E-state index in [1.807, 2.05) is 19.1 Å². The standard InChI is InChI=1S/C19H33N3O3S/c1-5-7-16(10-11-23)13-21-19(20-6-2)22-14-17-8-9-18(15(3)12-17)26(4,24)25/h8-9,12,16,23H,5-7,10-11,13-14H2,1-4H3,(H2,20,21,22). The van der Waals surface area contributed by atoms with Gasteiger partial charge in [0.15, 0.2) is 15.8 Å². The SMILES string of the molecule is CCCC(CCO)CNC(=NCc1ccc(S(C)(=O)=O)c(C)c1)NCC. The van der Waals surface area contributed by atoms with Crippen molar-refractivity contribution >= 4 is 15.8 Å². The molecule has 1 unspecified atom stereocenters. The van der Waals surface area contributed by atoms with Crippen molar-refractivity contribution in [1.29, 1.82) is 0 Å². The van der Waals surface area contributed by atoms with Crippen molar-refractivity contribution in [2.45, 2.75) is 51.5 Å². The number of sulfone groups is 1. The molecule has 0 aliphatic rings.